The molecule has 0 atom stereocenters. The molecule has 3 rings (SSSR count). The van der Waals surface area contributed by atoms with Crippen molar-refractivity contribution in [3.63, 3.8) is 0 Å². The second-order valence-electron chi connectivity index (χ2n) is 3.34. The van der Waals surface area contributed by atoms with Crippen LogP contribution in [0.4, 0.5) is 4.39 Å². The molecule has 0 amide bonds. The lowest BCUT2D eigenvalue weighted by Crippen LogP contribution is -1.90. The van der Waals surface area contributed by atoms with Crippen LogP contribution in [0.5, 0.6) is 0 Å². The van der Waals surface area contributed by atoms with Crippen LogP contribution in [0.1, 0.15) is 0 Å². The Labute approximate surface area is 110 Å². The molecule has 0 unspecified atom stereocenters. The van der Waals surface area contributed by atoms with E-state index in [0.717, 1.165) is 18.0 Å². The molecule has 2 heterocycles. The second kappa shape index (κ2) is 4.55. The van der Waals surface area contributed by atoms with E-state index in [9.17, 15) is 4.39 Å². The zero-order valence-corrected chi connectivity index (χ0v) is 10.4. The highest BCUT2D eigenvalue weighted by atomic mass is 35.5. The molecule has 4 nitrogen and oxygen atoms in total. The quantitative estimate of drug-likeness (QED) is 0.531. The summed E-state index contributed by atoms with van der Waals surface area (Å²) in [5, 5.41) is 0.376. The second-order valence-corrected chi connectivity index (χ2v) is 4.62. The molecule has 0 N–H and O–H groups in total. The number of para-hydroxylation sites is 2. The maximum Gasteiger partial charge on any atom is 0.263 e. The van der Waals surface area contributed by atoms with Crippen molar-refractivity contribution in [1.82, 2.24) is 15.0 Å². The molecule has 0 aliphatic rings. The van der Waals surface area contributed by atoms with E-state index in [1.54, 1.807) is 6.07 Å². The molecule has 7 heteroatoms. The average Bonchev–Trinajstić information content (AvgIpc) is 2.76. The maximum atomic E-state index is 13.4. The van der Waals surface area contributed by atoms with Crippen molar-refractivity contribution in [3.05, 3.63) is 41.6 Å². The van der Waals surface area contributed by atoms with Gasteiger partial charge in [0.1, 0.15) is 10.5 Å². The third kappa shape index (κ3) is 2.16. The Morgan fingerprint density at radius 3 is 2.89 bits per heavy atom. The van der Waals surface area contributed by atoms with Gasteiger partial charge in [-0.05, 0) is 35.5 Å². The van der Waals surface area contributed by atoms with E-state index in [4.69, 9.17) is 16.0 Å². The van der Waals surface area contributed by atoms with Gasteiger partial charge in [0.2, 0.25) is 5.28 Å². The molecular weight excluding hydrogens is 277 g/mol. The number of aromatic nitrogens is 3. The number of rotatable bonds is 2. The first kappa shape index (κ1) is 11.4. The van der Waals surface area contributed by atoms with Crippen LogP contribution in [0.3, 0.4) is 0 Å². The molecule has 0 aliphatic carbocycles. The molecule has 0 aliphatic heterocycles. The summed E-state index contributed by atoms with van der Waals surface area (Å²) in [4.78, 5) is 11.5. The zero-order chi connectivity index (χ0) is 12.5. The van der Waals surface area contributed by atoms with Gasteiger partial charge >= 0.3 is 0 Å². The van der Waals surface area contributed by atoms with Gasteiger partial charge in [-0.3, -0.25) is 0 Å². The van der Waals surface area contributed by atoms with Crippen LogP contribution in [0.2, 0.25) is 5.28 Å². The summed E-state index contributed by atoms with van der Waals surface area (Å²) < 4.78 is 18.9. The molecule has 0 bridgehead atoms. The monoisotopic (exact) mass is 281 g/mol. The van der Waals surface area contributed by atoms with Crippen LogP contribution in [-0.2, 0) is 0 Å². The normalized spacial score (nSPS) is 11.0. The van der Waals surface area contributed by atoms with Crippen molar-refractivity contribution in [3.8, 4) is 0 Å². The van der Waals surface area contributed by atoms with Crippen LogP contribution in [0, 0.1) is 5.82 Å². The Bertz CT molecular complexity index is 685. The van der Waals surface area contributed by atoms with Gasteiger partial charge in [0, 0.05) is 0 Å². The summed E-state index contributed by atoms with van der Waals surface area (Å²) in [7, 11) is 0. The first-order chi connectivity index (χ1) is 8.72. The molecular formula is C11H5ClFN3OS. The summed E-state index contributed by atoms with van der Waals surface area (Å²) in [5.41, 5.74) is 1.35. The Morgan fingerprint density at radius 1 is 1.22 bits per heavy atom. The van der Waals surface area contributed by atoms with Gasteiger partial charge in [0.05, 0.1) is 6.20 Å². The van der Waals surface area contributed by atoms with Gasteiger partial charge in [-0.2, -0.15) is 0 Å². The Morgan fingerprint density at radius 2 is 2.06 bits per heavy atom. The number of hydrogen-bond acceptors (Lipinski definition) is 5. The van der Waals surface area contributed by atoms with E-state index < -0.39 is 5.82 Å². The lowest BCUT2D eigenvalue weighted by atomic mass is 10.3. The molecule has 0 saturated heterocycles. The highest BCUT2D eigenvalue weighted by molar-refractivity contribution is 7.99. The van der Waals surface area contributed by atoms with Crippen molar-refractivity contribution in [2.45, 2.75) is 10.2 Å². The van der Waals surface area contributed by atoms with E-state index >= 15 is 0 Å². The minimum absolute atomic E-state index is 0.0185. The largest absolute Gasteiger partial charge is 0.431 e. The highest BCUT2D eigenvalue weighted by Gasteiger charge is 2.12. The van der Waals surface area contributed by atoms with Gasteiger partial charge in [0.25, 0.3) is 5.22 Å². The van der Waals surface area contributed by atoms with Crippen LogP contribution in [-0.4, -0.2) is 15.0 Å². The van der Waals surface area contributed by atoms with Gasteiger partial charge < -0.3 is 4.42 Å². The van der Waals surface area contributed by atoms with Crippen LogP contribution < -0.4 is 0 Å². The van der Waals surface area contributed by atoms with Crippen molar-refractivity contribution >= 4 is 34.5 Å². The summed E-state index contributed by atoms with van der Waals surface area (Å²) in [6, 6.07) is 7.29. The molecule has 0 saturated carbocycles. The smallest absolute Gasteiger partial charge is 0.263 e. The van der Waals surface area contributed by atoms with Gasteiger partial charge in [-0.1, -0.05) is 12.1 Å². The fraction of sp³-hybridized carbons (Fsp3) is 0. The first-order valence-electron chi connectivity index (χ1n) is 4.94. The zero-order valence-electron chi connectivity index (χ0n) is 8.80. The molecule has 18 heavy (non-hydrogen) atoms. The molecule has 0 fully saturated rings. The summed E-state index contributed by atoms with van der Waals surface area (Å²) in [6.45, 7) is 0. The summed E-state index contributed by atoms with van der Waals surface area (Å²) in [6.07, 6.45) is 1.01. The fourth-order valence-corrected chi connectivity index (χ4v) is 2.29. The van der Waals surface area contributed by atoms with Gasteiger partial charge in [-0.15, -0.1) is 0 Å². The van der Waals surface area contributed by atoms with E-state index in [0.29, 0.717) is 16.3 Å². The fourth-order valence-electron chi connectivity index (χ4n) is 1.38. The third-order valence-electron chi connectivity index (χ3n) is 2.14. The van der Waals surface area contributed by atoms with Crippen molar-refractivity contribution in [1.29, 1.82) is 0 Å². The average molecular weight is 282 g/mol. The molecule has 90 valence electrons. The van der Waals surface area contributed by atoms with Crippen LogP contribution in [0.15, 0.2) is 45.1 Å². The Balaban J connectivity index is 1.98. The van der Waals surface area contributed by atoms with E-state index in [1.807, 2.05) is 18.2 Å². The lowest BCUT2D eigenvalue weighted by molar-refractivity contribution is 0.487. The Hall–Kier alpha value is -1.66. The number of hydrogen-bond donors (Lipinski definition) is 0. The van der Waals surface area contributed by atoms with Gasteiger partial charge in [0.15, 0.2) is 11.4 Å². The maximum absolute atomic E-state index is 13.4. The van der Waals surface area contributed by atoms with Crippen molar-refractivity contribution in [2.24, 2.45) is 0 Å². The minimum atomic E-state index is -0.563. The number of oxazole rings is 1. The minimum Gasteiger partial charge on any atom is -0.431 e. The van der Waals surface area contributed by atoms with Gasteiger partial charge in [-0.25, -0.2) is 19.3 Å². The van der Waals surface area contributed by atoms with Crippen molar-refractivity contribution < 1.29 is 8.81 Å². The molecule has 2 aromatic heterocycles. The highest BCUT2D eigenvalue weighted by Crippen LogP contribution is 2.30. The summed E-state index contributed by atoms with van der Waals surface area (Å²) in [5.74, 6) is -0.563. The summed E-state index contributed by atoms with van der Waals surface area (Å²) >= 11 is 6.57. The van der Waals surface area contributed by atoms with Crippen LogP contribution >= 0.6 is 23.4 Å². The molecule has 3 aromatic rings. The number of benzene rings is 1. The Kier molecular flexibility index (Phi) is 2.89. The predicted molar refractivity (Wildman–Crippen MR) is 65.1 cm³/mol. The number of fused-ring (bicyclic) bond motifs is 1. The topological polar surface area (TPSA) is 51.8 Å². The standard InChI is InChI=1S/C11H5ClFN3OS/c12-10-14-5-6(13)9(16-10)18-11-15-7-3-1-2-4-8(7)17-11/h1-5H. The predicted octanol–water partition coefficient (Wildman–Crippen LogP) is 3.56. The number of halogens is 2. The SMILES string of the molecule is Fc1cnc(Cl)nc1Sc1nc2ccccc2o1. The first-order valence-corrected chi connectivity index (χ1v) is 6.13. The van der Waals surface area contributed by atoms with E-state index in [1.165, 1.54) is 0 Å². The number of nitrogens with zero attached hydrogens (tertiary/aromatic N) is 3. The lowest BCUT2D eigenvalue weighted by Gasteiger charge is -1.97. The third-order valence-corrected chi connectivity index (χ3v) is 3.15. The van der Waals surface area contributed by atoms with Crippen LogP contribution in [0.25, 0.3) is 11.1 Å². The van der Waals surface area contributed by atoms with E-state index in [-0.39, 0.29) is 10.3 Å². The molecule has 1 aromatic carbocycles. The van der Waals surface area contributed by atoms with Crippen molar-refractivity contribution in [2.75, 3.05) is 0 Å². The molecule has 0 spiro atoms. The molecule has 0 radical (unpaired) electrons. The van der Waals surface area contributed by atoms with E-state index in [2.05, 4.69) is 15.0 Å².